The Morgan fingerprint density at radius 3 is 2.13 bits per heavy atom. The number of amides is 1. The lowest BCUT2D eigenvalue weighted by atomic mass is 10.0. The Bertz CT molecular complexity index is 1840. The number of nitrogens with zero attached hydrogens (tertiary/aromatic N) is 4. The van der Waals surface area contributed by atoms with Gasteiger partial charge in [0.05, 0.1) is 54.3 Å². The van der Waals surface area contributed by atoms with Gasteiger partial charge < -0.3 is 34.9 Å². The maximum absolute atomic E-state index is 13.2. The minimum Gasteiger partial charge on any atom is -0.486 e. The van der Waals surface area contributed by atoms with Crippen molar-refractivity contribution in [2.45, 2.75) is 19.7 Å². The number of hydrogen-bond acceptors (Lipinski definition) is 11. The summed E-state index contributed by atoms with van der Waals surface area (Å²) in [6.07, 6.45) is 1.71. The fourth-order valence-electron chi connectivity index (χ4n) is 6.19. The van der Waals surface area contributed by atoms with Gasteiger partial charge in [0.25, 0.3) is 5.91 Å². The van der Waals surface area contributed by atoms with E-state index in [4.69, 9.17) is 53.8 Å². The molecular weight excluding hydrogens is 753 g/mol. The van der Waals surface area contributed by atoms with Gasteiger partial charge in [0.15, 0.2) is 0 Å². The van der Waals surface area contributed by atoms with Crippen LogP contribution in [0.4, 0.5) is 5.69 Å². The number of pyridine rings is 2. The Hall–Kier alpha value is -3.56. The Balaban J connectivity index is 1.04. The van der Waals surface area contributed by atoms with Gasteiger partial charge in [0.1, 0.15) is 23.7 Å². The molecule has 3 N–H and O–H groups in total. The number of hydrogen-bond donors (Lipinski definition) is 3. The van der Waals surface area contributed by atoms with Crippen LogP contribution in [0.25, 0.3) is 11.1 Å². The van der Waals surface area contributed by atoms with Gasteiger partial charge in [-0.25, -0.2) is 4.98 Å². The molecule has 2 fully saturated rings. The molecule has 288 valence electrons. The van der Waals surface area contributed by atoms with Gasteiger partial charge in [-0.05, 0) is 29.8 Å². The molecule has 2 aromatic carbocycles. The zero-order chi connectivity index (χ0) is 37.7. The molecule has 0 aliphatic carbocycles. The first kappa shape index (κ1) is 40.1. The standard InChI is InChI=1S/C39H46Cl3N7O5/c1-51-39-28(25-44-11-13-49-16-20-53-21-17-49)22-31(40)34(47-39)26-54-35-7-3-5-30(37(35)42)29-4-2-6-32(36(29)41)46-38(50)33-9-8-27(24-45-33)23-43-10-12-48-14-18-52-19-15-48/h2-9,22,24,43-44H,10-21,23,25-26H2,1H3,(H,46,50). The van der Waals surface area contributed by atoms with E-state index in [2.05, 4.69) is 35.7 Å². The molecular formula is C39H46Cl3N7O5. The van der Waals surface area contributed by atoms with Gasteiger partial charge in [0.2, 0.25) is 5.88 Å². The second-order valence-corrected chi connectivity index (χ2v) is 14.1. The molecule has 0 radical (unpaired) electrons. The van der Waals surface area contributed by atoms with E-state index < -0.39 is 0 Å². The van der Waals surface area contributed by atoms with Crippen LogP contribution >= 0.6 is 34.8 Å². The van der Waals surface area contributed by atoms with Crippen molar-refractivity contribution >= 4 is 46.4 Å². The van der Waals surface area contributed by atoms with Crippen LogP contribution < -0.4 is 25.4 Å². The number of carbonyl (C=O) groups is 1. The van der Waals surface area contributed by atoms with Crippen molar-refractivity contribution in [1.82, 2.24) is 30.4 Å². The molecule has 0 bridgehead atoms. The van der Waals surface area contributed by atoms with Gasteiger partial charge in [0, 0.05) is 88.3 Å². The molecule has 2 aromatic heterocycles. The maximum Gasteiger partial charge on any atom is 0.274 e. The number of anilines is 1. The third-order valence-electron chi connectivity index (χ3n) is 9.26. The first-order valence-corrected chi connectivity index (χ1v) is 19.2. The summed E-state index contributed by atoms with van der Waals surface area (Å²) in [6, 6.07) is 16.2. The number of rotatable bonds is 17. The quantitative estimate of drug-likeness (QED) is 0.113. The van der Waals surface area contributed by atoms with E-state index in [9.17, 15) is 4.79 Å². The molecule has 0 atom stereocenters. The molecule has 1 amide bonds. The predicted molar refractivity (Wildman–Crippen MR) is 212 cm³/mol. The third kappa shape index (κ3) is 11.0. The van der Waals surface area contributed by atoms with Crippen LogP contribution in [0.3, 0.4) is 0 Å². The number of ether oxygens (including phenoxy) is 4. The molecule has 0 unspecified atom stereocenters. The second-order valence-electron chi connectivity index (χ2n) is 12.9. The van der Waals surface area contributed by atoms with Crippen molar-refractivity contribution in [3.05, 3.63) is 98.4 Å². The van der Waals surface area contributed by atoms with Crippen LogP contribution in [0.1, 0.15) is 27.3 Å². The molecule has 4 heterocycles. The van der Waals surface area contributed by atoms with Crippen LogP contribution in [0.5, 0.6) is 11.6 Å². The largest absolute Gasteiger partial charge is 0.486 e. The van der Waals surface area contributed by atoms with Crippen molar-refractivity contribution in [3.8, 4) is 22.8 Å². The van der Waals surface area contributed by atoms with E-state index in [0.717, 1.165) is 89.9 Å². The molecule has 0 saturated carbocycles. The Morgan fingerprint density at radius 2 is 1.48 bits per heavy atom. The lowest BCUT2D eigenvalue weighted by molar-refractivity contribution is 0.0383. The van der Waals surface area contributed by atoms with Crippen molar-refractivity contribution in [2.75, 3.05) is 91.2 Å². The summed E-state index contributed by atoms with van der Waals surface area (Å²) in [5.41, 5.74) is 4.31. The number of morpholine rings is 2. The Kier molecular flexibility index (Phi) is 15.1. The van der Waals surface area contributed by atoms with Crippen LogP contribution in [-0.4, -0.2) is 112 Å². The fourth-order valence-corrected chi connectivity index (χ4v) is 6.98. The SMILES string of the molecule is COc1nc(COc2cccc(-c3cccc(NC(=O)c4ccc(CNCCN5CCOCC5)cn4)c3Cl)c2Cl)c(Cl)cc1CNCCN1CCOCC1. The van der Waals surface area contributed by atoms with Crippen molar-refractivity contribution in [3.63, 3.8) is 0 Å². The third-order valence-corrected chi connectivity index (χ3v) is 10.4. The molecule has 54 heavy (non-hydrogen) atoms. The normalized spacial score (nSPS) is 15.3. The lowest BCUT2D eigenvalue weighted by Crippen LogP contribution is -2.40. The molecule has 2 saturated heterocycles. The van der Waals surface area contributed by atoms with Crippen LogP contribution in [0, 0.1) is 0 Å². The summed E-state index contributed by atoms with van der Waals surface area (Å²) >= 11 is 20.4. The second kappa shape index (κ2) is 20.4. The van der Waals surface area contributed by atoms with Crippen molar-refractivity contribution in [2.24, 2.45) is 0 Å². The molecule has 2 aliphatic rings. The number of methoxy groups -OCH3 is 1. The van der Waals surface area contributed by atoms with E-state index in [1.54, 1.807) is 37.6 Å². The topological polar surface area (TPSA) is 122 Å². The summed E-state index contributed by atoms with van der Waals surface area (Å²) in [6.45, 7) is 11.8. The monoisotopic (exact) mass is 797 g/mol. The van der Waals surface area contributed by atoms with E-state index in [1.807, 2.05) is 30.3 Å². The molecule has 4 aromatic rings. The summed E-state index contributed by atoms with van der Waals surface area (Å²) in [4.78, 5) is 26.9. The Morgan fingerprint density at radius 1 is 0.833 bits per heavy atom. The summed E-state index contributed by atoms with van der Waals surface area (Å²) in [7, 11) is 1.58. The highest BCUT2D eigenvalue weighted by molar-refractivity contribution is 6.39. The molecule has 6 rings (SSSR count). The van der Waals surface area contributed by atoms with E-state index >= 15 is 0 Å². The average Bonchev–Trinajstić information content (AvgIpc) is 3.20. The van der Waals surface area contributed by atoms with E-state index in [0.29, 0.717) is 62.3 Å². The minimum atomic E-state index is -0.376. The van der Waals surface area contributed by atoms with Gasteiger partial charge in [-0.15, -0.1) is 0 Å². The van der Waals surface area contributed by atoms with Crippen molar-refractivity contribution < 1.29 is 23.7 Å². The van der Waals surface area contributed by atoms with Gasteiger partial charge in [-0.2, -0.15) is 0 Å². The molecule has 12 nitrogen and oxygen atoms in total. The number of halogens is 3. The lowest BCUT2D eigenvalue weighted by Gasteiger charge is -2.26. The molecule has 15 heteroatoms. The maximum atomic E-state index is 13.2. The number of carbonyl (C=O) groups excluding carboxylic acids is 1. The number of aromatic nitrogens is 2. The predicted octanol–water partition coefficient (Wildman–Crippen LogP) is 5.79. The van der Waals surface area contributed by atoms with Crippen LogP contribution in [-0.2, 0) is 29.2 Å². The van der Waals surface area contributed by atoms with Crippen LogP contribution in [0.2, 0.25) is 15.1 Å². The number of nitrogens with one attached hydrogen (secondary N) is 3. The number of benzene rings is 2. The smallest absolute Gasteiger partial charge is 0.274 e. The Labute approximate surface area is 331 Å². The minimum absolute atomic E-state index is 0.0588. The zero-order valence-electron chi connectivity index (χ0n) is 30.3. The average molecular weight is 799 g/mol. The molecule has 0 spiro atoms. The van der Waals surface area contributed by atoms with Gasteiger partial charge in [-0.3, -0.25) is 19.6 Å². The highest BCUT2D eigenvalue weighted by Crippen LogP contribution is 2.41. The summed E-state index contributed by atoms with van der Waals surface area (Å²) < 4.78 is 22.5. The zero-order valence-corrected chi connectivity index (χ0v) is 32.6. The fraction of sp³-hybridized carbons (Fsp3) is 0.410. The van der Waals surface area contributed by atoms with E-state index in [1.165, 1.54) is 0 Å². The van der Waals surface area contributed by atoms with Gasteiger partial charge in [-0.1, -0.05) is 65.1 Å². The first-order valence-electron chi connectivity index (χ1n) is 18.1. The molecule has 2 aliphatic heterocycles. The first-order chi connectivity index (χ1) is 26.4. The highest BCUT2D eigenvalue weighted by atomic mass is 35.5. The highest BCUT2D eigenvalue weighted by Gasteiger charge is 2.19. The van der Waals surface area contributed by atoms with Crippen molar-refractivity contribution in [1.29, 1.82) is 0 Å². The van der Waals surface area contributed by atoms with E-state index in [-0.39, 0.29) is 18.2 Å². The van der Waals surface area contributed by atoms with Crippen LogP contribution in [0.15, 0.2) is 60.8 Å². The van der Waals surface area contributed by atoms with Gasteiger partial charge >= 0.3 is 0 Å². The summed E-state index contributed by atoms with van der Waals surface area (Å²) in [5, 5.41) is 10.9. The summed E-state index contributed by atoms with van der Waals surface area (Å²) in [5.74, 6) is 0.518.